The standard InChI is InChI=1S/C20H17F3N6O/c1-11-7-15-16(8-12(11)2)25-19(24-15)26-18(30)10-29-9-17(27-28-29)13-3-5-14(6-4-13)20(21,22)23/h3-9H,10H2,1-2H3,(H2,24,25,26,30). The van der Waals surface area contributed by atoms with E-state index in [0.29, 0.717) is 17.2 Å². The average Bonchev–Trinajstić information content (AvgIpc) is 3.28. The van der Waals surface area contributed by atoms with Crippen LogP contribution in [0.1, 0.15) is 16.7 Å². The van der Waals surface area contributed by atoms with Gasteiger partial charge in [0.05, 0.1) is 22.8 Å². The lowest BCUT2D eigenvalue weighted by atomic mass is 10.1. The van der Waals surface area contributed by atoms with Gasteiger partial charge in [-0.2, -0.15) is 13.2 Å². The highest BCUT2D eigenvalue weighted by molar-refractivity contribution is 5.91. The number of hydrogen-bond acceptors (Lipinski definition) is 4. The van der Waals surface area contributed by atoms with Gasteiger partial charge in [-0.3, -0.25) is 10.1 Å². The maximum absolute atomic E-state index is 12.7. The number of aromatic amines is 1. The molecule has 0 radical (unpaired) electrons. The summed E-state index contributed by atoms with van der Waals surface area (Å²) in [4.78, 5) is 19.7. The van der Waals surface area contributed by atoms with Crippen LogP contribution in [-0.4, -0.2) is 30.9 Å². The van der Waals surface area contributed by atoms with E-state index in [2.05, 4.69) is 25.6 Å². The zero-order valence-electron chi connectivity index (χ0n) is 16.1. The van der Waals surface area contributed by atoms with Crippen molar-refractivity contribution in [3.05, 3.63) is 59.3 Å². The zero-order valence-corrected chi connectivity index (χ0v) is 16.1. The molecule has 0 saturated carbocycles. The molecule has 30 heavy (non-hydrogen) atoms. The molecular formula is C20H17F3N6O. The van der Waals surface area contributed by atoms with Crippen molar-refractivity contribution in [1.29, 1.82) is 0 Å². The Morgan fingerprint density at radius 2 is 1.83 bits per heavy atom. The number of hydrogen-bond donors (Lipinski definition) is 2. The highest BCUT2D eigenvalue weighted by atomic mass is 19.4. The minimum absolute atomic E-state index is 0.122. The summed E-state index contributed by atoms with van der Waals surface area (Å²) in [5.74, 6) is -0.0468. The van der Waals surface area contributed by atoms with Crippen LogP contribution in [-0.2, 0) is 17.5 Å². The molecule has 10 heteroatoms. The smallest absolute Gasteiger partial charge is 0.324 e. The number of nitrogens with zero attached hydrogens (tertiary/aromatic N) is 4. The number of aryl methyl sites for hydroxylation is 2. The van der Waals surface area contributed by atoms with Crippen molar-refractivity contribution >= 4 is 22.9 Å². The fraction of sp³-hybridized carbons (Fsp3) is 0.200. The van der Waals surface area contributed by atoms with E-state index in [4.69, 9.17) is 0 Å². The van der Waals surface area contributed by atoms with Crippen molar-refractivity contribution in [2.45, 2.75) is 26.6 Å². The van der Waals surface area contributed by atoms with Gasteiger partial charge < -0.3 is 4.98 Å². The first-order chi connectivity index (χ1) is 14.2. The molecule has 0 bridgehead atoms. The number of amides is 1. The van der Waals surface area contributed by atoms with Crippen molar-refractivity contribution in [3.8, 4) is 11.3 Å². The minimum atomic E-state index is -4.40. The van der Waals surface area contributed by atoms with E-state index in [1.54, 1.807) is 0 Å². The summed E-state index contributed by atoms with van der Waals surface area (Å²) in [7, 11) is 0. The summed E-state index contributed by atoms with van der Waals surface area (Å²) in [6.45, 7) is 3.86. The molecule has 0 aliphatic rings. The average molecular weight is 414 g/mol. The summed E-state index contributed by atoms with van der Waals surface area (Å²) in [5, 5.41) is 10.5. The first-order valence-electron chi connectivity index (χ1n) is 9.03. The van der Waals surface area contributed by atoms with Crippen LogP contribution in [0.3, 0.4) is 0 Å². The summed E-state index contributed by atoms with van der Waals surface area (Å²) in [5.41, 5.74) is 3.88. The van der Waals surface area contributed by atoms with E-state index in [1.807, 2.05) is 26.0 Å². The number of fused-ring (bicyclic) bond motifs is 1. The van der Waals surface area contributed by atoms with E-state index < -0.39 is 11.7 Å². The molecule has 2 N–H and O–H groups in total. The molecule has 0 unspecified atom stereocenters. The van der Waals surface area contributed by atoms with Crippen molar-refractivity contribution in [2.75, 3.05) is 5.32 Å². The lowest BCUT2D eigenvalue weighted by Crippen LogP contribution is -2.19. The van der Waals surface area contributed by atoms with Gasteiger partial charge in [0, 0.05) is 5.56 Å². The number of rotatable bonds is 4. The molecule has 1 amide bonds. The molecule has 0 aliphatic carbocycles. The van der Waals surface area contributed by atoms with E-state index in [0.717, 1.165) is 34.3 Å². The fourth-order valence-corrected chi connectivity index (χ4v) is 2.99. The van der Waals surface area contributed by atoms with Crippen LogP contribution >= 0.6 is 0 Å². The van der Waals surface area contributed by atoms with Gasteiger partial charge in [-0.1, -0.05) is 17.3 Å². The summed E-state index contributed by atoms with van der Waals surface area (Å²) < 4.78 is 39.3. The van der Waals surface area contributed by atoms with Crippen molar-refractivity contribution < 1.29 is 18.0 Å². The van der Waals surface area contributed by atoms with Crippen LogP contribution in [0.2, 0.25) is 0 Å². The number of carbonyl (C=O) groups excluding carboxylic acids is 1. The number of H-pyrrole nitrogens is 1. The Hall–Kier alpha value is -3.69. The predicted octanol–water partition coefficient (Wildman–Crippen LogP) is 4.10. The van der Waals surface area contributed by atoms with Gasteiger partial charge in [0.1, 0.15) is 12.2 Å². The third-order valence-corrected chi connectivity index (χ3v) is 4.71. The molecular weight excluding hydrogens is 397 g/mol. The third kappa shape index (κ3) is 4.02. The van der Waals surface area contributed by atoms with E-state index in [9.17, 15) is 18.0 Å². The van der Waals surface area contributed by atoms with Crippen molar-refractivity contribution in [1.82, 2.24) is 25.0 Å². The number of imidazole rings is 1. The van der Waals surface area contributed by atoms with E-state index >= 15 is 0 Å². The van der Waals surface area contributed by atoms with Gasteiger partial charge in [-0.05, 0) is 49.2 Å². The molecule has 7 nitrogen and oxygen atoms in total. The normalized spacial score (nSPS) is 11.8. The second kappa shape index (κ2) is 7.29. The van der Waals surface area contributed by atoms with Gasteiger partial charge in [-0.25, -0.2) is 9.67 Å². The monoisotopic (exact) mass is 414 g/mol. The van der Waals surface area contributed by atoms with Gasteiger partial charge in [0.25, 0.3) is 0 Å². The maximum atomic E-state index is 12.7. The summed E-state index contributed by atoms with van der Waals surface area (Å²) in [6.07, 6.45) is -2.91. The van der Waals surface area contributed by atoms with Crippen LogP contribution in [0, 0.1) is 13.8 Å². The largest absolute Gasteiger partial charge is 0.416 e. The molecule has 0 atom stereocenters. The maximum Gasteiger partial charge on any atom is 0.416 e. The predicted molar refractivity (Wildman–Crippen MR) is 105 cm³/mol. The van der Waals surface area contributed by atoms with Gasteiger partial charge in [0.15, 0.2) is 0 Å². The summed E-state index contributed by atoms with van der Waals surface area (Å²) in [6, 6.07) is 8.48. The number of aromatic nitrogens is 5. The minimum Gasteiger partial charge on any atom is -0.324 e. The van der Waals surface area contributed by atoms with Crippen LogP contribution in [0.15, 0.2) is 42.6 Å². The molecule has 2 heterocycles. The van der Waals surface area contributed by atoms with Gasteiger partial charge >= 0.3 is 6.18 Å². The molecule has 2 aromatic carbocycles. The van der Waals surface area contributed by atoms with Crippen LogP contribution < -0.4 is 5.32 Å². The Labute approximate surface area is 168 Å². The highest BCUT2D eigenvalue weighted by Gasteiger charge is 2.30. The molecule has 0 saturated heterocycles. The fourth-order valence-electron chi connectivity index (χ4n) is 2.99. The SMILES string of the molecule is Cc1cc2nc(NC(=O)Cn3cc(-c4ccc(C(F)(F)F)cc4)nn3)[nH]c2cc1C. The van der Waals surface area contributed by atoms with Crippen molar-refractivity contribution in [3.63, 3.8) is 0 Å². The van der Waals surface area contributed by atoms with Crippen LogP contribution in [0.4, 0.5) is 19.1 Å². The summed E-state index contributed by atoms with van der Waals surface area (Å²) >= 11 is 0. The first-order valence-corrected chi connectivity index (χ1v) is 9.03. The molecule has 0 aliphatic heterocycles. The Morgan fingerprint density at radius 3 is 2.53 bits per heavy atom. The number of anilines is 1. The number of halogens is 3. The molecule has 0 spiro atoms. The lowest BCUT2D eigenvalue weighted by Gasteiger charge is -2.06. The quantitative estimate of drug-likeness (QED) is 0.526. The molecule has 2 aromatic heterocycles. The lowest BCUT2D eigenvalue weighted by molar-refractivity contribution is -0.137. The van der Waals surface area contributed by atoms with Crippen molar-refractivity contribution in [2.24, 2.45) is 0 Å². The number of benzene rings is 2. The Morgan fingerprint density at radius 1 is 1.13 bits per heavy atom. The van der Waals surface area contributed by atoms with Gasteiger partial charge in [-0.15, -0.1) is 5.10 Å². The molecule has 4 aromatic rings. The zero-order chi connectivity index (χ0) is 21.5. The van der Waals surface area contributed by atoms with Crippen LogP contribution in [0.5, 0.6) is 0 Å². The Balaban J connectivity index is 1.44. The third-order valence-electron chi connectivity index (χ3n) is 4.71. The van der Waals surface area contributed by atoms with E-state index in [-0.39, 0.29) is 12.5 Å². The van der Waals surface area contributed by atoms with E-state index in [1.165, 1.54) is 23.0 Å². The topological polar surface area (TPSA) is 88.5 Å². The Kier molecular flexibility index (Phi) is 4.76. The highest BCUT2D eigenvalue weighted by Crippen LogP contribution is 2.30. The molecule has 154 valence electrons. The number of nitrogens with one attached hydrogen (secondary N) is 2. The first kappa shape index (κ1) is 19.6. The van der Waals surface area contributed by atoms with Gasteiger partial charge in [0.2, 0.25) is 11.9 Å². The number of alkyl halides is 3. The molecule has 4 rings (SSSR count). The number of carbonyl (C=O) groups is 1. The second-order valence-corrected chi connectivity index (χ2v) is 6.96. The Bertz CT molecular complexity index is 1180. The second-order valence-electron chi connectivity index (χ2n) is 6.96. The molecule has 0 fully saturated rings. The van der Waals surface area contributed by atoms with Crippen LogP contribution in [0.25, 0.3) is 22.3 Å².